The minimum absolute atomic E-state index is 0.0789. The van der Waals surface area contributed by atoms with Crippen molar-refractivity contribution in [3.63, 3.8) is 0 Å². The Morgan fingerprint density at radius 2 is 2.25 bits per heavy atom. The average Bonchev–Trinajstić information content (AvgIpc) is 3.04. The van der Waals surface area contributed by atoms with Crippen molar-refractivity contribution in [2.45, 2.75) is 44.7 Å². The highest BCUT2D eigenvalue weighted by Gasteiger charge is 2.28. The van der Waals surface area contributed by atoms with Crippen molar-refractivity contribution in [3.05, 3.63) is 30.1 Å². The van der Waals surface area contributed by atoms with Crippen LogP contribution in [0.2, 0.25) is 0 Å². The predicted molar refractivity (Wildman–Crippen MR) is 82.1 cm³/mol. The number of aromatic nitrogens is 2. The van der Waals surface area contributed by atoms with Gasteiger partial charge in [-0.25, -0.2) is 4.98 Å². The van der Waals surface area contributed by atoms with Crippen molar-refractivity contribution < 1.29 is 4.74 Å². The zero-order chi connectivity index (χ0) is 14.1. The molecule has 1 saturated heterocycles. The van der Waals surface area contributed by atoms with Crippen LogP contribution in [-0.2, 0) is 11.3 Å². The summed E-state index contributed by atoms with van der Waals surface area (Å²) >= 11 is 6.32. The Balaban J connectivity index is 1.98. The predicted octanol–water partition coefficient (Wildman–Crippen LogP) is 4.15. The maximum absolute atomic E-state index is 6.32. The summed E-state index contributed by atoms with van der Waals surface area (Å²) in [5.41, 5.74) is 2.21. The van der Waals surface area contributed by atoms with Gasteiger partial charge >= 0.3 is 0 Å². The monoisotopic (exact) mass is 292 g/mol. The lowest BCUT2D eigenvalue weighted by molar-refractivity contribution is 0.0835. The van der Waals surface area contributed by atoms with E-state index in [9.17, 15) is 0 Å². The van der Waals surface area contributed by atoms with Gasteiger partial charge in [0.25, 0.3) is 0 Å². The molecule has 20 heavy (non-hydrogen) atoms. The molecule has 3 nitrogen and oxygen atoms in total. The molecule has 0 bridgehead atoms. The first-order chi connectivity index (χ1) is 9.70. The van der Waals surface area contributed by atoms with Crippen molar-refractivity contribution in [1.82, 2.24) is 9.55 Å². The van der Waals surface area contributed by atoms with E-state index in [-0.39, 0.29) is 5.38 Å². The molecule has 3 rings (SSSR count). The Morgan fingerprint density at radius 3 is 3.00 bits per heavy atom. The number of imidazole rings is 1. The lowest BCUT2D eigenvalue weighted by Crippen LogP contribution is -2.21. The van der Waals surface area contributed by atoms with Gasteiger partial charge in [-0.15, -0.1) is 11.6 Å². The number of benzene rings is 1. The van der Waals surface area contributed by atoms with Crippen LogP contribution in [-0.4, -0.2) is 22.3 Å². The number of halogens is 1. The Kier molecular flexibility index (Phi) is 3.99. The molecule has 0 spiro atoms. The topological polar surface area (TPSA) is 27.1 Å². The molecule has 1 aliphatic rings. The molecule has 2 aromatic rings. The van der Waals surface area contributed by atoms with E-state index in [1.165, 1.54) is 5.52 Å². The third-order valence-corrected chi connectivity index (χ3v) is 4.40. The summed E-state index contributed by atoms with van der Waals surface area (Å²) in [6.07, 6.45) is 2.57. The van der Waals surface area contributed by atoms with Gasteiger partial charge in [0.15, 0.2) is 0 Å². The van der Waals surface area contributed by atoms with Crippen LogP contribution in [0.1, 0.15) is 37.9 Å². The summed E-state index contributed by atoms with van der Waals surface area (Å²) in [6.45, 7) is 6.01. The van der Waals surface area contributed by atoms with E-state index < -0.39 is 0 Å². The summed E-state index contributed by atoms with van der Waals surface area (Å²) in [5, 5.41) is -0.0789. The first-order valence-electron chi connectivity index (χ1n) is 7.41. The molecule has 3 atom stereocenters. The van der Waals surface area contributed by atoms with E-state index in [0.29, 0.717) is 12.0 Å². The number of fused-ring (bicyclic) bond motifs is 1. The van der Waals surface area contributed by atoms with Crippen molar-refractivity contribution in [2.24, 2.45) is 5.92 Å². The van der Waals surface area contributed by atoms with Crippen LogP contribution in [0, 0.1) is 5.92 Å². The van der Waals surface area contributed by atoms with Gasteiger partial charge in [-0.3, -0.25) is 0 Å². The highest BCUT2D eigenvalue weighted by molar-refractivity contribution is 6.20. The fourth-order valence-corrected chi connectivity index (χ4v) is 3.34. The first kappa shape index (κ1) is 13.9. The standard InChI is InChI=1S/C16H21ClN2O/c1-3-15-12(8-9-20-15)10-19-14-7-5-4-6-13(14)18-16(19)11(2)17/h4-7,11-12,15H,3,8-10H2,1-2H3. The number of rotatable bonds is 4. The summed E-state index contributed by atoms with van der Waals surface area (Å²) in [5.74, 6) is 1.53. The largest absolute Gasteiger partial charge is 0.378 e. The smallest absolute Gasteiger partial charge is 0.127 e. The number of hydrogen-bond acceptors (Lipinski definition) is 2. The van der Waals surface area contributed by atoms with Crippen molar-refractivity contribution >= 4 is 22.6 Å². The molecule has 0 aliphatic carbocycles. The molecule has 0 N–H and O–H groups in total. The third-order valence-electron chi connectivity index (χ3n) is 4.21. The van der Waals surface area contributed by atoms with E-state index in [1.807, 2.05) is 13.0 Å². The quantitative estimate of drug-likeness (QED) is 0.792. The van der Waals surface area contributed by atoms with Crippen LogP contribution < -0.4 is 0 Å². The first-order valence-corrected chi connectivity index (χ1v) is 7.85. The normalized spacial score (nSPS) is 24.4. The van der Waals surface area contributed by atoms with E-state index >= 15 is 0 Å². The molecule has 3 unspecified atom stereocenters. The van der Waals surface area contributed by atoms with Crippen LogP contribution in [0.15, 0.2) is 24.3 Å². The molecule has 1 aromatic heterocycles. The van der Waals surface area contributed by atoms with Crippen molar-refractivity contribution in [2.75, 3.05) is 6.61 Å². The highest BCUT2D eigenvalue weighted by Crippen LogP contribution is 2.30. The molecule has 0 amide bonds. The summed E-state index contributed by atoms with van der Waals surface area (Å²) < 4.78 is 8.10. The summed E-state index contributed by atoms with van der Waals surface area (Å²) in [6, 6.07) is 8.26. The SMILES string of the molecule is CCC1OCCC1Cn1c(C(C)Cl)nc2ccccc21. The van der Waals surface area contributed by atoms with E-state index in [1.54, 1.807) is 0 Å². The fraction of sp³-hybridized carbons (Fsp3) is 0.562. The number of nitrogens with zero attached hydrogens (tertiary/aromatic N) is 2. The fourth-order valence-electron chi connectivity index (χ4n) is 3.18. The number of ether oxygens (including phenoxy) is 1. The summed E-state index contributed by atoms with van der Waals surface area (Å²) in [7, 11) is 0. The second-order valence-corrected chi connectivity index (χ2v) is 6.21. The maximum Gasteiger partial charge on any atom is 0.127 e. The van der Waals surface area contributed by atoms with Gasteiger partial charge in [0.1, 0.15) is 5.82 Å². The van der Waals surface area contributed by atoms with E-state index in [0.717, 1.165) is 37.3 Å². The minimum atomic E-state index is -0.0789. The van der Waals surface area contributed by atoms with Crippen molar-refractivity contribution in [1.29, 1.82) is 0 Å². The van der Waals surface area contributed by atoms with Gasteiger partial charge < -0.3 is 9.30 Å². The van der Waals surface area contributed by atoms with Gasteiger partial charge in [0.05, 0.1) is 22.5 Å². The Morgan fingerprint density at radius 1 is 1.45 bits per heavy atom. The van der Waals surface area contributed by atoms with Gasteiger partial charge in [-0.1, -0.05) is 19.1 Å². The molecule has 1 aliphatic heterocycles. The van der Waals surface area contributed by atoms with Crippen LogP contribution in [0.4, 0.5) is 0 Å². The maximum atomic E-state index is 6.32. The molecule has 1 aromatic carbocycles. The second kappa shape index (κ2) is 5.74. The second-order valence-electron chi connectivity index (χ2n) is 5.55. The van der Waals surface area contributed by atoms with E-state index in [4.69, 9.17) is 21.3 Å². The molecule has 0 radical (unpaired) electrons. The molecule has 4 heteroatoms. The van der Waals surface area contributed by atoms with Crippen LogP contribution in [0.3, 0.4) is 0 Å². The van der Waals surface area contributed by atoms with Gasteiger partial charge in [-0.05, 0) is 31.9 Å². The molecule has 108 valence electrons. The van der Waals surface area contributed by atoms with Crippen LogP contribution in [0.5, 0.6) is 0 Å². The zero-order valence-electron chi connectivity index (χ0n) is 12.1. The zero-order valence-corrected chi connectivity index (χ0v) is 12.8. The molecule has 0 saturated carbocycles. The van der Waals surface area contributed by atoms with Gasteiger partial charge in [0.2, 0.25) is 0 Å². The minimum Gasteiger partial charge on any atom is -0.378 e. The lowest BCUT2D eigenvalue weighted by Gasteiger charge is -2.19. The lowest BCUT2D eigenvalue weighted by atomic mass is 9.99. The summed E-state index contributed by atoms with van der Waals surface area (Å²) in [4.78, 5) is 4.70. The van der Waals surface area contributed by atoms with Crippen LogP contribution in [0.25, 0.3) is 11.0 Å². The average molecular weight is 293 g/mol. The van der Waals surface area contributed by atoms with Crippen molar-refractivity contribution in [3.8, 4) is 0 Å². The number of para-hydroxylation sites is 2. The Bertz CT molecular complexity index is 593. The van der Waals surface area contributed by atoms with Gasteiger partial charge in [0, 0.05) is 19.1 Å². The van der Waals surface area contributed by atoms with Crippen LogP contribution >= 0.6 is 11.6 Å². The molecule has 2 heterocycles. The molecular formula is C16H21ClN2O. The highest BCUT2D eigenvalue weighted by atomic mass is 35.5. The number of alkyl halides is 1. The molecular weight excluding hydrogens is 272 g/mol. The van der Waals surface area contributed by atoms with Gasteiger partial charge in [-0.2, -0.15) is 0 Å². The van der Waals surface area contributed by atoms with E-state index in [2.05, 4.69) is 29.7 Å². The molecule has 1 fully saturated rings. The Labute approximate surface area is 124 Å². The third kappa shape index (κ3) is 2.45. The number of hydrogen-bond donors (Lipinski definition) is 0. The Hall–Kier alpha value is -1.06.